The molecule has 0 N–H and O–H groups in total. The maximum absolute atomic E-state index is 12.8. The summed E-state index contributed by atoms with van der Waals surface area (Å²) in [6.07, 6.45) is 7.16. The van der Waals surface area contributed by atoms with E-state index in [0.29, 0.717) is 22.8 Å². The Morgan fingerprint density at radius 1 is 0.806 bits per heavy atom. The van der Waals surface area contributed by atoms with E-state index in [2.05, 4.69) is 9.97 Å². The van der Waals surface area contributed by atoms with Gasteiger partial charge in [-0.25, -0.2) is 0 Å². The maximum Gasteiger partial charge on any atom is 0.203 e. The largest absolute Gasteiger partial charge is 0.493 e. The Hall–Kier alpha value is -4.00. The van der Waals surface area contributed by atoms with Crippen LogP contribution in [0.5, 0.6) is 17.2 Å². The summed E-state index contributed by atoms with van der Waals surface area (Å²) in [7, 11) is 4.72. The number of ether oxygens (including phenoxy) is 3. The SMILES string of the molecule is COc1cc(-c2nccc3c4c(ncc23)-c2cnccc2C(=O)C4)cc(OC)c1OC. The van der Waals surface area contributed by atoms with Crippen molar-refractivity contribution in [3.8, 4) is 39.8 Å². The topological polar surface area (TPSA) is 83.4 Å². The van der Waals surface area contributed by atoms with Crippen LogP contribution in [0.15, 0.2) is 49.1 Å². The first kappa shape index (κ1) is 19.0. The second kappa shape index (κ2) is 7.36. The van der Waals surface area contributed by atoms with E-state index >= 15 is 0 Å². The molecule has 0 amide bonds. The average molecular weight is 413 g/mol. The number of carbonyl (C=O) groups excluding carboxylic acids is 1. The van der Waals surface area contributed by atoms with Gasteiger partial charge in [0.1, 0.15) is 0 Å². The van der Waals surface area contributed by atoms with E-state index < -0.39 is 0 Å². The smallest absolute Gasteiger partial charge is 0.203 e. The Labute approximate surface area is 178 Å². The van der Waals surface area contributed by atoms with Crippen molar-refractivity contribution in [3.63, 3.8) is 0 Å². The van der Waals surface area contributed by atoms with E-state index in [0.717, 1.165) is 38.9 Å². The Kier molecular flexibility index (Phi) is 4.51. The summed E-state index contributed by atoms with van der Waals surface area (Å²) in [6, 6.07) is 7.38. The highest BCUT2D eigenvalue weighted by Crippen LogP contribution is 2.43. The van der Waals surface area contributed by atoms with Gasteiger partial charge in [0.2, 0.25) is 5.75 Å². The lowest BCUT2D eigenvalue weighted by atomic mass is 9.86. The van der Waals surface area contributed by atoms with Gasteiger partial charge in [-0.15, -0.1) is 0 Å². The predicted molar refractivity (Wildman–Crippen MR) is 116 cm³/mol. The number of rotatable bonds is 4. The van der Waals surface area contributed by atoms with E-state index in [4.69, 9.17) is 19.2 Å². The monoisotopic (exact) mass is 413 g/mol. The van der Waals surface area contributed by atoms with E-state index in [9.17, 15) is 4.79 Å². The molecule has 7 heteroatoms. The third kappa shape index (κ3) is 2.89. The van der Waals surface area contributed by atoms with Crippen LogP contribution in [0, 0.1) is 0 Å². The van der Waals surface area contributed by atoms with Gasteiger partial charge < -0.3 is 14.2 Å². The van der Waals surface area contributed by atoms with Gasteiger partial charge in [-0.2, -0.15) is 0 Å². The molecule has 7 nitrogen and oxygen atoms in total. The van der Waals surface area contributed by atoms with Crippen molar-refractivity contribution in [1.29, 1.82) is 0 Å². The molecule has 3 aromatic heterocycles. The molecule has 0 spiro atoms. The minimum Gasteiger partial charge on any atom is -0.493 e. The quantitative estimate of drug-likeness (QED) is 0.497. The zero-order chi connectivity index (χ0) is 21.5. The number of hydrogen-bond donors (Lipinski definition) is 0. The highest BCUT2D eigenvalue weighted by Gasteiger charge is 2.26. The summed E-state index contributed by atoms with van der Waals surface area (Å²) in [4.78, 5) is 26.3. The first-order valence-electron chi connectivity index (χ1n) is 9.70. The molecule has 3 heterocycles. The van der Waals surface area contributed by atoms with Crippen LogP contribution >= 0.6 is 0 Å². The molecule has 0 bridgehead atoms. The zero-order valence-electron chi connectivity index (χ0n) is 17.3. The molecule has 1 aliphatic carbocycles. The molecule has 0 saturated carbocycles. The van der Waals surface area contributed by atoms with Crippen LogP contribution in [-0.4, -0.2) is 42.1 Å². The van der Waals surface area contributed by atoms with E-state index in [1.165, 1.54) is 0 Å². The van der Waals surface area contributed by atoms with Crippen molar-refractivity contribution in [2.45, 2.75) is 6.42 Å². The van der Waals surface area contributed by atoms with E-state index in [-0.39, 0.29) is 12.2 Å². The van der Waals surface area contributed by atoms with Crippen molar-refractivity contribution in [1.82, 2.24) is 15.0 Å². The van der Waals surface area contributed by atoms with Gasteiger partial charge in [0, 0.05) is 53.3 Å². The Morgan fingerprint density at radius 2 is 1.58 bits per heavy atom. The molecule has 1 aromatic carbocycles. The fourth-order valence-corrected chi connectivity index (χ4v) is 4.14. The number of hydrogen-bond acceptors (Lipinski definition) is 7. The Bertz CT molecular complexity index is 1330. The summed E-state index contributed by atoms with van der Waals surface area (Å²) in [5, 5.41) is 1.78. The second-order valence-electron chi connectivity index (χ2n) is 7.14. The van der Waals surface area contributed by atoms with E-state index in [1.54, 1.807) is 52.2 Å². The summed E-state index contributed by atoms with van der Waals surface area (Å²) in [5.74, 6) is 1.65. The van der Waals surface area contributed by atoms with Crippen LogP contribution in [0.2, 0.25) is 0 Å². The minimum absolute atomic E-state index is 0.0605. The summed E-state index contributed by atoms with van der Waals surface area (Å²) in [6.45, 7) is 0. The third-order valence-electron chi connectivity index (χ3n) is 5.58. The number of nitrogens with zero attached hydrogens (tertiary/aromatic N) is 3. The van der Waals surface area contributed by atoms with Crippen LogP contribution in [-0.2, 0) is 6.42 Å². The molecule has 0 radical (unpaired) electrons. The molecule has 0 aliphatic heterocycles. The number of carbonyl (C=O) groups is 1. The lowest BCUT2D eigenvalue weighted by molar-refractivity contribution is 0.0992. The highest BCUT2D eigenvalue weighted by atomic mass is 16.5. The lowest BCUT2D eigenvalue weighted by Crippen LogP contribution is -2.14. The third-order valence-corrected chi connectivity index (χ3v) is 5.58. The second-order valence-corrected chi connectivity index (χ2v) is 7.14. The molecule has 154 valence electrons. The summed E-state index contributed by atoms with van der Waals surface area (Å²) >= 11 is 0. The first-order chi connectivity index (χ1) is 15.2. The molecule has 1 aliphatic rings. The molecular weight excluding hydrogens is 394 g/mol. The van der Waals surface area contributed by atoms with Crippen LogP contribution in [0.3, 0.4) is 0 Å². The molecule has 0 saturated heterocycles. The van der Waals surface area contributed by atoms with Crippen LogP contribution in [0.25, 0.3) is 33.3 Å². The van der Waals surface area contributed by atoms with Gasteiger partial charge in [-0.05, 0) is 35.2 Å². The number of pyridine rings is 3. The van der Waals surface area contributed by atoms with Crippen molar-refractivity contribution in [2.24, 2.45) is 0 Å². The van der Waals surface area contributed by atoms with Gasteiger partial charge in [-0.3, -0.25) is 19.7 Å². The van der Waals surface area contributed by atoms with Gasteiger partial charge in [0.25, 0.3) is 0 Å². The van der Waals surface area contributed by atoms with E-state index in [1.807, 2.05) is 18.2 Å². The Balaban J connectivity index is 1.76. The number of fused-ring (bicyclic) bond motifs is 5. The van der Waals surface area contributed by atoms with Crippen molar-refractivity contribution >= 4 is 16.6 Å². The fraction of sp³-hybridized carbons (Fsp3) is 0.167. The van der Waals surface area contributed by atoms with Crippen LogP contribution in [0.4, 0.5) is 0 Å². The standard InChI is InChI=1S/C24H19N3O4/c1-29-20-8-13(9-21(30-2)24(20)31-3)22-18-12-27-23-16(14(18)5-7-26-22)10-19(28)15-4-6-25-11-17(15)23/h4-9,11-12H,10H2,1-3H3. The molecule has 4 aromatic rings. The lowest BCUT2D eigenvalue weighted by Gasteiger charge is -2.20. The van der Waals surface area contributed by atoms with Gasteiger partial charge in [-0.1, -0.05) is 0 Å². The zero-order valence-corrected chi connectivity index (χ0v) is 17.3. The molecule has 0 fully saturated rings. The first-order valence-corrected chi connectivity index (χ1v) is 9.70. The van der Waals surface area contributed by atoms with Gasteiger partial charge in [0.05, 0.1) is 32.7 Å². The summed E-state index contributed by atoms with van der Waals surface area (Å²) in [5.41, 5.74) is 4.62. The minimum atomic E-state index is 0.0605. The van der Waals surface area contributed by atoms with Gasteiger partial charge >= 0.3 is 0 Å². The van der Waals surface area contributed by atoms with Crippen molar-refractivity contribution in [2.75, 3.05) is 21.3 Å². The predicted octanol–water partition coefficient (Wildman–Crippen LogP) is 4.12. The van der Waals surface area contributed by atoms with Crippen molar-refractivity contribution in [3.05, 3.63) is 60.2 Å². The number of ketones is 1. The van der Waals surface area contributed by atoms with Gasteiger partial charge in [0.15, 0.2) is 17.3 Å². The summed E-state index contributed by atoms with van der Waals surface area (Å²) < 4.78 is 16.4. The highest BCUT2D eigenvalue weighted by molar-refractivity contribution is 6.10. The average Bonchev–Trinajstić information content (AvgIpc) is 2.82. The van der Waals surface area contributed by atoms with Crippen LogP contribution < -0.4 is 14.2 Å². The fourth-order valence-electron chi connectivity index (χ4n) is 4.14. The van der Waals surface area contributed by atoms with Crippen molar-refractivity contribution < 1.29 is 19.0 Å². The Morgan fingerprint density at radius 3 is 2.29 bits per heavy atom. The number of aromatic nitrogens is 3. The molecule has 5 rings (SSSR count). The molecule has 0 unspecified atom stereocenters. The molecule has 0 atom stereocenters. The van der Waals surface area contributed by atoms with Crippen LogP contribution in [0.1, 0.15) is 15.9 Å². The maximum atomic E-state index is 12.8. The molecular formula is C24H19N3O4. The molecule has 31 heavy (non-hydrogen) atoms. The normalized spacial score (nSPS) is 12.3. The number of benzene rings is 1. The number of methoxy groups -OCH3 is 3. The number of Topliss-reactive ketones (excluding diaryl/α,β-unsaturated/α-hetero) is 1.